The Morgan fingerprint density at radius 1 is 0.420 bits per heavy atom. The van der Waals surface area contributed by atoms with Crippen LogP contribution in [0.1, 0.15) is 234 Å². The van der Waals surface area contributed by atoms with E-state index in [2.05, 4.69) is 34.6 Å². The van der Waals surface area contributed by atoms with E-state index < -0.39 is 6.10 Å². The van der Waals surface area contributed by atoms with Gasteiger partial charge in [-0.25, -0.2) is 0 Å². The maximum absolute atomic E-state index is 12.5. The van der Waals surface area contributed by atoms with Gasteiger partial charge in [0.05, 0.1) is 0 Å². The van der Waals surface area contributed by atoms with Crippen LogP contribution in [0.15, 0.2) is 0 Å². The molecule has 2 atom stereocenters. The van der Waals surface area contributed by atoms with Crippen molar-refractivity contribution in [3.8, 4) is 0 Å². The molecule has 0 spiro atoms. The zero-order valence-electron chi connectivity index (χ0n) is 34.0. The number of unbranched alkanes of at least 4 members (excludes halogenated alkanes) is 22. The van der Waals surface area contributed by atoms with Gasteiger partial charge in [0.15, 0.2) is 6.10 Å². The summed E-state index contributed by atoms with van der Waals surface area (Å²) in [5.41, 5.74) is 0. The summed E-state index contributed by atoms with van der Waals surface area (Å²) < 4.78 is 16.6. The molecule has 296 valence electrons. The molecule has 0 aromatic carbocycles. The monoisotopic (exact) mass is 709 g/mol. The lowest BCUT2D eigenvalue weighted by atomic mass is 9.99. The Morgan fingerprint density at radius 3 is 1.14 bits per heavy atom. The minimum atomic E-state index is -0.758. The van der Waals surface area contributed by atoms with Crippen molar-refractivity contribution >= 4 is 17.9 Å². The third-order valence-electron chi connectivity index (χ3n) is 10.1. The van der Waals surface area contributed by atoms with Crippen molar-refractivity contribution in [2.45, 2.75) is 240 Å². The smallest absolute Gasteiger partial charge is 0.306 e. The molecule has 50 heavy (non-hydrogen) atoms. The molecule has 0 aliphatic heterocycles. The first-order valence-corrected chi connectivity index (χ1v) is 21.8. The van der Waals surface area contributed by atoms with E-state index in [0.29, 0.717) is 19.3 Å². The molecule has 0 amide bonds. The molecule has 0 aliphatic rings. The van der Waals surface area contributed by atoms with Gasteiger partial charge in [0, 0.05) is 19.3 Å². The number of ether oxygens (including phenoxy) is 3. The molecule has 0 aromatic rings. The fourth-order valence-corrected chi connectivity index (χ4v) is 6.37. The van der Waals surface area contributed by atoms with E-state index in [0.717, 1.165) is 76.0 Å². The molecular formula is C44H84O6. The number of carbonyl (C=O) groups excluding carboxylic acids is 3. The highest BCUT2D eigenvalue weighted by Crippen LogP contribution is 2.17. The van der Waals surface area contributed by atoms with Crippen molar-refractivity contribution in [1.29, 1.82) is 0 Å². The van der Waals surface area contributed by atoms with Crippen molar-refractivity contribution in [1.82, 2.24) is 0 Å². The Hall–Kier alpha value is -1.59. The Bertz CT molecular complexity index is 766. The average Bonchev–Trinajstić information content (AvgIpc) is 3.09. The van der Waals surface area contributed by atoms with Crippen LogP contribution in [0.5, 0.6) is 0 Å². The largest absolute Gasteiger partial charge is 0.462 e. The molecular weight excluding hydrogens is 624 g/mol. The van der Waals surface area contributed by atoms with E-state index in [1.807, 2.05) is 0 Å². The van der Waals surface area contributed by atoms with Gasteiger partial charge in [-0.2, -0.15) is 0 Å². The lowest BCUT2D eigenvalue weighted by Gasteiger charge is -2.18. The number of hydrogen-bond donors (Lipinski definition) is 0. The number of hydrogen-bond acceptors (Lipinski definition) is 6. The molecule has 0 aromatic heterocycles. The van der Waals surface area contributed by atoms with Crippen molar-refractivity contribution in [3.63, 3.8) is 0 Å². The lowest BCUT2D eigenvalue weighted by Crippen LogP contribution is -2.30. The Morgan fingerprint density at radius 2 is 0.760 bits per heavy atom. The summed E-state index contributed by atoms with van der Waals surface area (Å²) in [6.07, 6.45) is 34.0. The molecule has 0 saturated carbocycles. The first-order chi connectivity index (χ1) is 24.3. The fourth-order valence-electron chi connectivity index (χ4n) is 6.37. The van der Waals surface area contributed by atoms with Crippen molar-refractivity contribution in [3.05, 3.63) is 0 Å². The molecule has 0 aliphatic carbocycles. The SMILES string of the molecule is CCCCCCCC(=O)O[C@@H](COC(=O)CCCCCCCCCCCCC(C)C)COC(=O)CCCCCCCCCCCCC(C)CC. The van der Waals surface area contributed by atoms with Gasteiger partial charge in [0.2, 0.25) is 0 Å². The summed E-state index contributed by atoms with van der Waals surface area (Å²) in [6.45, 7) is 11.3. The van der Waals surface area contributed by atoms with Gasteiger partial charge in [-0.15, -0.1) is 0 Å². The molecule has 0 saturated heterocycles. The van der Waals surface area contributed by atoms with Gasteiger partial charge < -0.3 is 14.2 Å². The minimum absolute atomic E-state index is 0.0667. The van der Waals surface area contributed by atoms with Crippen LogP contribution in [0, 0.1) is 11.8 Å². The first-order valence-electron chi connectivity index (χ1n) is 21.8. The second kappa shape index (κ2) is 37.2. The van der Waals surface area contributed by atoms with Crippen LogP contribution in [0.3, 0.4) is 0 Å². The van der Waals surface area contributed by atoms with E-state index >= 15 is 0 Å². The highest BCUT2D eigenvalue weighted by molar-refractivity contribution is 5.71. The minimum Gasteiger partial charge on any atom is -0.462 e. The van der Waals surface area contributed by atoms with E-state index in [1.54, 1.807) is 0 Å². The van der Waals surface area contributed by atoms with Crippen molar-refractivity contribution in [2.75, 3.05) is 13.2 Å². The first kappa shape index (κ1) is 48.4. The van der Waals surface area contributed by atoms with Crippen LogP contribution in [0.25, 0.3) is 0 Å². The summed E-state index contributed by atoms with van der Waals surface area (Å²) in [7, 11) is 0. The predicted octanol–water partition coefficient (Wildman–Crippen LogP) is 13.4. The molecule has 1 unspecified atom stereocenters. The molecule has 0 radical (unpaired) electrons. The van der Waals surface area contributed by atoms with Crippen LogP contribution in [-0.2, 0) is 28.6 Å². The van der Waals surface area contributed by atoms with Gasteiger partial charge >= 0.3 is 17.9 Å². The van der Waals surface area contributed by atoms with Gasteiger partial charge in [0.25, 0.3) is 0 Å². The van der Waals surface area contributed by atoms with Gasteiger partial charge in [-0.1, -0.05) is 195 Å². The summed E-state index contributed by atoms with van der Waals surface area (Å²) >= 11 is 0. The Kier molecular flexibility index (Phi) is 36.0. The number of rotatable bonds is 38. The summed E-state index contributed by atoms with van der Waals surface area (Å²) in [4.78, 5) is 37.4. The normalized spacial score (nSPS) is 12.6. The predicted molar refractivity (Wildman–Crippen MR) is 210 cm³/mol. The molecule has 6 nitrogen and oxygen atoms in total. The maximum Gasteiger partial charge on any atom is 0.306 e. The van der Waals surface area contributed by atoms with Gasteiger partial charge in [-0.3, -0.25) is 14.4 Å². The van der Waals surface area contributed by atoms with Crippen LogP contribution in [0.2, 0.25) is 0 Å². The molecule has 6 heteroatoms. The Labute approximate surface area is 310 Å². The van der Waals surface area contributed by atoms with E-state index in [1.165, 1.54) is 116 Å². The quantitative estimate of drug-likeness (QED) is 0.0361. The zero-order chi connectivity index (χ0) is 36.9. The molecule has 0 rings (SSSR count). The summed E-state index contributed by atoms with van der Waals surface area (Å²) in [5, 5.41) is 0. The van der Waals surface area contributed by atoms with Crippen LogP contribution >= 0.6 is 0 Å². The fraction of sp³-hybridized carbons (Fsp3) is 0.932. The van der Waals surface area contributed by atoms with Crippen molar-refractivity contribution < 1.29 is 28.6 Å². The number of esters is 3. The highest BCUT2D eigenvalue weighted by atomic mass is 16.6. The summed E-state index contributed by atoms with van der Waals surface area (Å²) in [5.74, 6) is 0.814. The molecule has 0 N–H and O–H groups in total. The Balaban J connectivity index is 4.18. The van der Waals surface area contributed by atoms with Crippen LogP contribution < -0.4 is 0 Å². The molecule has 0 bridgehead atoms. The zero-order valence-corrected chi connectivity index (χ0v) is 34.0. The van der Waals surface area contributed by atoms with E-state index in [-0.39, 0.29) is 31.1 Å². The lowest BCUT2D eigenvalue weighted by molar-refractivity contribution is -0.167. The third kappa shape index (κ3) is 36.2. The topological polar surface area (TPSA) is 78.9 Å². The maximum atomic E-state index is 12.5. The highest BCUT2D eigenvalue weighted by Gasteiger charge is 2.19. The van der Waals surface area contributed by atoms with E-state index in [9.17, 15) is 14.4 Å². The second-order valence-electron chi connectivity index (χ2n) is 15.7. The van der Waals surface area contributed by atoms with Gasteiger partial charge in [0.1, 0.15) is 13.2 Å². The molecule has 0 heterocycles. The standard InChI is InChI=1S/C44H84O6/c1-6-8-9-22-31-36-44(47)50-41(37-48-42(45)34-29-25-20-16-12-10-14-18-23-27-32-39(3)4)38-49-43(46)35-30-26-21-17-13-11-15-19-24-28-33-40(5)7-2/h39-41H,6-38H2,1-5H3/t40?,41-/m0/s1. The molecule has 0 fully saturated rings. The van der Waals surface area contributed by atoms with Crippen LogP contribution in [0.4, 0.5) is 0 Å². The average molecular weight is 709 g/mol. The van der Waals surface area contributed by atoms with Gasteiger partial charge in [-0.05, 0) is 31.1 Å². The summed E-state index contributed by atoms with van der Waals surface area (Å²) in [6, 6.07) is 0. The van der Waals surface area contributed by atoms with Crippen LogP contribution in [-0.4, -0.2) is 37.2 Å². The number of carbonyl (C=O) groups is 3. The second-order valence-corrected chi connectivity index (χ2v) is 15.7. The third-order valence-corrected chi connectivity index (χ3v) is 10.1. The van der Waals surface area contributed by atoms with E-state index in [4.69, 9.17) is 14.2 Å². The van der Waals surface area contributed by atoms with Crippen molar-refractivity contribution in [2.24, 2.45) is 11.8 Å².